The van der Waals surface area contributed by atoms with Crippen LogP contribution in [-0.4, -0.2) is 23.0 Å². The van der Waals surface area contributed by atoms with E-state index in [-0.39, 0.29) is 0 Å². The molecular formula is C16H26N2. The molecule has 2 heteroatoms. The second-order valence-corrected chi connectivity index (χ2v) is 5.93. The minimum atomic E-state index is 0.321. The molecule has 1 saturated heterocycles. The van der Waals surface area contributed by atoms with Crippen molar-refractivity contribution in [3.8, 4) is 0 Å². The Hall–Kier alpha value is -0.860. The highest BCUT2D eigenvalue weighted by Gasteiger charge is 2.39. The largest absolute Gasteiger partial charge is 0.327 e. The number of benzene rings is 1. The van der Waals surface area contributed by atoms with Gasteiger partial charge in [0.05, 0.1) is 0 Å². The zero-order valence-corrected chi connectivity index (χ0v) is 12.0. The molecule has 0 bridgehead atoms. The molecule has 1 aliphatic heterocycles. The Kier molecular flexibility index (Phi) is 4.08. The van der Waals surface area contributed by atoms with E-state index >= 15 is 0 Å². The third-order valence-corrected chi connectivity index (χ3v) is 4.99. The van der Waals surface area contributed by atoms with E-state index in [4.69, 9.17) is 5.73 Å². The molecule has 0 aromatic heterocycles. The van der Waals surface area contributed by atoms with Gasteiger partial charge in [0.15, 0.2) is 0 Å². The maximum Gasteiger partial charge on any atom is 0.0239 e. The van der Waals surface area contributed by atoms with Crippen molar-refractivity contribution >= 4 is 0 Å². The molecule has 0 amide bonds. The predicted molar refractivity (Wildman–Crippen MR) is 77.2 cm³/mol. The Labute approximate surface area is 111 Å². The number of likely N-dealkylation sites (tertiary alicyclic amines) is 1. The fraction of sp³-hybridized carbons (Fsp3) is 0.625. The lowest BCUT2D eigenvalue weighted by Gasteiger charge is -2.49. The smallest absolute Gasteiger partial charge is 0.0239 e. The summed E-state index contributed by atoms with van der Waals surface area (Å²) in [6, 6.07) is 12.2. The lowest BCUT2D eigenvalue weighted by atomic mass is 9.77. The van der Waals surface area contributed by atoms with Gasteiger partial charge in [0.25, 0.3) is 0 Å². The molecule has 5 atom stereocenters. The molecule has 100 valence electrons. The topological polar surface area (TPSA) is 29.3 Å². The summed E-state index contributed by atoms with van der Waals surface area (Å²) in [5.74, 6) is 1.11. The summed E-state index contributed by atoms with van der Waals surface area (Å²) in [6.45, 7) is 10.2. The van der Waals surface area contributed by atoms with Gasteiger partial charge in [0.2, 0.25) is 0 Å². The van der Waals surface area contributed by atoms with Crippen molar-refractivity contribution in [3.63, 3.8) is 0 Å². The summed E-state index contributed by atoms with van der Waals surface area (Å²) >= 11 is 0. The van der Waals surface area contributed by atoms with E-state index in [1.165, 1.54) is 5.56 Å². The molecule has 2 N–H and O–H groups in total. The van der Waals surface area contributed by atoms with Gasteiger partial charge in [-0.1, -0.05) is 44.2 Å². The number of nitrogens with zero attached hydrogens (tertiary/aromatic N) is 1. The van der Waals surface area contributed by atoms with Crippen LogP contribution in [0.15, 0.2) is 30.3 Å². The van der Waals surface area contributed by atoms with Gasteiger partial charge in [-0.3, -0.25) is 4.90 Å². The van der Waals surface area contributed by atoms with Crippen molar-refractivity contribution < 1.29 is 0 Å². The van der Waals surface area contributed by atoms with E-state index in [0.717, 1.165) is 6.54 Å². The van der Waals surface area contributed by atoms with Gasteiger partial charge in [0, 0.05) is 24.7 Å². The molecule has 0 radical (unpaired) electrons. The van der Waals surface area contributed by atoms with Gasteiger partial charge in [-0.2, -0.15) is 0 Å². The number of piperidine rings is 1. The standard InChI is InChI=1S/C16H26N2/c1-11-13(3)18(14(4)12(2)16(11)17)10-15-8-6-5-7-9-15/h5-9,11-14,16H,10,17H2,1-4H3/t11-,12-,13-,14+,16?/m0/s1. The number of hydrogen-bond donors (Lipinski definition) is 1. The Bertz CT molecular complexity index is 360. The maximum absolute atomic E-state index is 6.33. The van der Waals surface area contributed by atoms with Crippen LogP contribution in [0, 0.1) is 11.8 Å². The predicted octanol–water partition coefficient (Wildman–Crippen LogP) is 2.88. The van der Waals surface area contributed by atoms with Crippen molar-refractivity contribution in [2.24, 2.45) is 17.6 Å². The van der Waals surface area contributed by atoms with Crippen LogP contribution >= 0.6 is 0 Å². The highest BCUT2D eigenvalue weighted by molar-refractivity contribution is 5.15. The third kappa shape index (κ3) is 2.45. The molecule has 1 heterocycles. The fourth-order valence-electron chi connectivity index (χ4n) is 3.18. The first-order chi connectivity index (χ1) is 8.52. The highest BCUT2D eigenvalue weighted by atomic mass is 15.2. The fourth-order valence-corrected chi connectivity index (χ4v) is 3.18. The lowest BCUT2D eigenvalue weighted by molar-refractivity contribution is 0.00588. The molecule has 1 fully saturated rings. The van der Waals surface area contributed by atoms with Crippen LogP contribution in [0.2, 0.25) is 0 Å². The average molecular weight is 246 g/mol. The Morgan fingerprint density at radius 2 is 1.44 bits per heavy atom. The summed E-state index contributed by atoms with van der Waals surface area (Å²) in [6.07, 6.45) is 0. The second kappa shape index (κ2) is 5.41. The Balaban J connectivity index is 2.16. The Morgan fingerprint density at radius 1 is 0.944 bits per heavy atom. The van der Waals surface area contributed by atoms with E-state index in [1.807, 2.05) is 0 Å². The molecule has 18 heavy (non-hydrogen) atoms. The SMILES string of the molecule is C[C@@H]1C(N)[C@@H](C)[C@H](C)N(Cc2ccccc2)[C@@H]1C. The monoisotopic (exact) mass is 246 g/mol. The number of nitrogens with two attached hydrogens (primary N) is 1. The van der Waals surface area contributed by atoms with Gasteiger partial charge in [-0.05, 0) is 31.2 Å². The zero-order chi connectivity index (χ0) is 13.3. The summed E-state index contributed by atoms with van der Waals surface area (Å²) in [5.41, 5.74) is 7.73. The molecular weight excluding hydrogens is 220 g/mol. The molecule has 0 aliphatic carbocycles. The quantitative estimate of drug-likeness (QED) is 0.869. The van der Waals surface area contributed by atoms with Crippen LogP contribution in [0.5, 0.6) is 0 Å². The summed E-state index contributed by atoms with van der Waals surface area (Å²) < 4.78 is 0. The summed E-state index contributed by atoms with van der Waals surface area (Å²) in [4.78, 5) is 2.61. The van der Waals surface area contributed by atoms with Crippen molar-refractivity contribution in [3.05, 3.63) is 35.9 Å². The minimum absolute atomic E-state index is 0.321. The van der Waals surface area contributed by atoms with Gasteiger partial charge in [-0.25, -0.2) is 0 Å². The van der Waals surface area contributed by atoms with E-state index in [1.54, 1.807) is 0 Å². The third-order valence-electron chi connectivity index (χ3n) is 4.99. The van der Waals surface area contributed by atoms with Crippen LogP contribution in [0.25, 0.3) is 0 Å². The van der Waals surface area contributed by atoms with Gasteiger partial charge < -0.3 is 5.73 Å². The average Bonchev–Trinajstić information content (AvgIpc) is 2.40. The van der Waals surface area contributed by atoms with E-state index in [9.17, 15) is 0 Å². The zero-order valence-electron chi connectivity index (χ0n) is 12.0. The highest BCUT2D eigenvalue weighted by Crippen LogP contribution is 2.32. The first kappa shape index (κ1) is 13.6. The molecule has 0 saturated carbocycles. The number of rotatable bonds is 2. The second-order valence-electron chi connectivity index (χ2n) is 5.93. The van der Waals surface area contributed by atoms with Gasteiger partial charge in [0.1, 0.15) is 0 Å². The van der Waals surface area contributed by atoms with E-state index in [0.29, 0.717) is 30.0 Å². The lowest BCUT2D eigenvalue weighted by Crippen LogP contribution is -2.59. The van der Waals surface area contributed by atoms with E-state index < -0.39 is 0 Å². The molecule has 1 aliphatic rings. The molecule has 2 nitrogen and oxygen atoms in total. The van der Waals surface area contributed by atoms with Crippen LogP contribution in [-0.2, 0) is 6.54 Å². The van der Waals surface area contributed by atoms with Crippen molar-refractivity contribution in [2.45, 2.75) is 52.4 Å². The minimum Gasteiger partial charge on any atom is -0.327 e. The summed E-state index contributed by atoms with van der Waals surface area (Å²) in [5, 5.41) is 0. The first-order valence-electron chi connectivity index (χ1n) is 7.07. The van der Waals surface area contributed by atoms with Crippen LogP contribution in [0.3, 0.4) is 0 Å². The Morgan fingerprint density at radius 3 is 1.94 bits per heavy atom. The van der Waals surface area contributed by atoms with Crippen LogP contribution < -0.4 is 5.73 Å². The maximum atomic E-state index is 6.33. The molecule has 1 aromatic carbocycles. The summed E-state index contributed by atoms with van der Waals surface area (Å²) in [7, 11) is 0. The van der Waals surface area contributed by atoms with Crippen LogP contribution in [0.1, 0.15) is 33.3 Å². The number of hydrogen-bond acceptors (Lipinski definition) is 2. The molecule has 1 unspecified atom stereocenters. The van der Waals surface area contributed by atoms with Gasteiger partial charge in [-0.15, -0.1) is 0 Å². The molecule has 0 spiro atoms. The van der Waals surface area contributed by atoms with Crippen LogP contribution in [0.4, 0.5) is 0 Å². The van der Waals surface area contributed by atoms with Crippen molar-refractivity contribution in [1.82, 2.24) is 4.90 Å². The van der Waals surface area contributed by atoms with Crippen molar-refractivity contribution in [2.75, 3.05) is 0 Å². The normalized spacial score (nSPS) is 37.7. The molecule has 2 rings (SSSR count). The van der Waals surface area contributed by atoms with Crippen molar-refractivity contribution in [1.29, 1.82) is 0 Å². The van der Waals surface area contributed by atoms with Gasteiger partial charge >= 0.3 is 0 Å². The van der Waals surface area contributed by atoms with E-state index in [2.05, 4.69) is 62.9 Å². The molecule has 1 aromatic rings. The first-order valence-corrected chi connectivity index (χ1v) is 7.07.